The summed E-state index contributed by atoms with van der Waals surface area (Å²) in [5.41, 5.74) is 1.62. The van der Waals surface area contributed by atoms with Crippen LogP contribution in [0, 0.1) is 0 Å². The second-order valence-electron chi connectivity index (χ2n) is 9.99. The van der Waals surface area contributed by atoms with Crippen molar-refractivity contribution in [1.29, 1.82) is 0 Å². The Morgan fingerprint density at radius 2 is 1.41 bits per heavy atom. The number of hydrogen-bond donors (Lipinski definition) is 0. The standard InChI is InChI=1S/C29H35F3N3P.ClH/c1-7-34(8-2)36(28(4,5)6,33-25-16-12-11-15-24(25)29(30,31)32)21-18-19-27-23(20-21)22-14-10-13-17-26(22)35(27)9-3;/h10-20H,7-9H2,1-6H3;1H. The predicted molar refractivity (Wildman–Crippen MR) is 155 cm³/mol. The zero-order chi connectivity index (χ0) is 26.3. The van der Waals surface area contributed by atoms with Crippen LogP contribution in [0.1, 0.15) is 47.1 Å². The van der Waals surface area contributed by atoms with Crippen LogP contribution in [0.5, 0.6) is 0 Å². The van der Waals surface area contributed by atoms with Crippen molar-refractivity contribution < 1.29 is 13.2 Å². The molecule has 1 unspecified atom stereocenters. The molecule has 0 radical (unpaired) electrons. The molecule has 0 saturated heterocycles. The average molecular weight is 550 g/mol. The Balaban J connectivity index is 0.00000380. The highest BCUT2D eigenvalue weighted by molar-refractivity contribution is 7.73. The van der Waals surface area contributed by atoms with Crippen LogP contribution in [0.2, 0.25) is 0 Å². The van der Waals surface area contributed by atoms with E-state index in [1.807, 2.05) is 12.1 Å². The average Bonchev–Trinajstić information content (AvgIpc) is 3.16. The van der Waals surface area contributed by atoms with E-state index >= 15 is 0 Å². The number of alkyl halides is 3. The molecule has 37 heavy (non-hydrogen) atoms. The van der Waals surface area contributed by atoms with Gasteiger partial charge in [0.2, 0.25) is 0 Å². The van der Waals surface area contributed by atoms with Crippen LogP contribution in [0.15, 0.2) is 71.5 Å². The largest absolute Gasteiger partial charge is 0.418 e. The van der Waals surface area contributed by atoms with Crippen LogP contribution in [-0.2, 0) is 12.7 Å². The van der Waals surface area contributed by atoms with E-state index < -0.39 is 24.1 Å². The van der Waals surface area contributed by atoms with Crippen molar-refractivity contribution in [2.24, 2.45) is 4.74 Å². The first kappa shape index (κ1) is 29.3. The highest BCUT2D eigenvalue weighted by Gasteiger charge is 2.42. The number of halogens is 4. The van der Waals surface area contributed by atoms with Crippen molar-refractivity contribution in [2.75, 3.05) is 13.1 Å². The summed E-state index contributed by atoms with van der Waals surface area (Å²) in [5.74, 6) is 0. The van der Waals surface area contributed by atoms with Crippen molar-refractivity contribution in [2.45, 2.75) is 59.4 Å². The fraction of sp³-hybridized carbons (Fsp3) is 0.379. The van der Waals surface area contributed by atoms with Gasteiger partial charge in [-0.25, -0.2) is 4.74 Å². The van der Waals surface area contributed by atoms with Gasteiger partial charge in [-0.2, -0.15) is 13.2 Å². The Bertz CT molecular complexity index is 1450. The summed E-state index contributed by atoms with van der Waals surface area (Å²) in [6, 6.07) is 20.5. The van der Waals surface area contributed by atoms with Crippen LogP contribution >= 0.6 is 19.6 Å². The summed E-state index contributed by atoms with van der Waals surface area (Å²) < 4.78 is 51.9. The van der Waals surface area contributed by atoms with Gasteiger partial charge in [0.05, 0.1) is 18.5 Å². The minimum absolute atomic E-state index is 0. The van der Waals surface area contributed by atoms with Crippen molar-refractivity contribution >= 4 is 52.4 Å². The SMILES string of the molecule is CCN(CC)P(=Nc1ccccc1C(F)(F)F)(c1ccc2c(c1)c1ccccc1n2CC)C(C)(C)C.Cl. The van der Waals surface area contributed by atoms with Crippen LogP contribution in [-0.4, -0.2) is 27.5 Å². The van der Waals surface area contributed by atoms with Gasteiger partial charge in [0, 0.05) is 51.9 Å². The number of rotatable bonds is 6. The molecule has 200 valence electrons. The normalized spacial score (nSPS) is 14.1. The maximum absolute atomic E-state index is 14.0. The molecule has 3 aromatic carbocycles. The number of hydrogen-bond acceptors (Lipinski definition) is 1. The molecule has 0 aliphatic rings. The van der Waals surface area contributed by atoms with E-state index in [1.165, 1.54) is 12.1 Å². The third kappa shape index (κ3) is 4.96. The highest BCUT2D eigenvalue weighted by atomic mass is 35.5. The van der Waals surface area contributed by atoms with Crippen LogP contribution in [0.4, 0.5) is 18.9 Å². The molecule has 8 heteroatoms. The fourth-order valence-corrected chi connectivity index (χ4v) is 9.80. The monoisotopic (exact) mass is 549 g/mol. The van der Waals surface area contributed by atoms with Gasteiger partial charge in [-0.3, -0.25) is 4.67 Å². The van der Waals surface area contributed by atoms with E-state index in [9.17, 15) is 13.2 Å². The van der Waals surface area contributed by atoms with Gasteiger partial charge in [0.25, 0.3) is 0 Å². The van der Waals surface area contributed by atoms with E-state index in [0.717, 1.165) is 39.7 Å². The van der Waals surface area contributed by atoms with Crippen molar-refractivity contribution in [3.63, 3.8) is 0 Å². The van der Waals surface area contributed by atoms with E-state index in [2.05, 4.69) is 81.1 Å². The summed E-state index contributed by atoms with van der Waals surface area (Å²) in [7, 11) is -2.69. The number of fused-ring (bicyclic) bond motifs is 3. The quantitative estimate of drug-likeness (QED) is 0.219. The topological polar surface area (TPSA) is 20.5 Å². The van der Waals surface area contributed by atoms with Gasteiger partial charge in [-0.05, 0) is 43.3 Å². The van der Waals surface area contributed by atoms with Gasteiger partial charge < -0.3 is 4.57 Å². The van der Waals surface area contributed by atoms with E-state index in [1.54, 1.807) is 6.07 Å². The molecule has 3 nitrogen and oxygen atoms in total. The molecule has 1 aromatic heterocycles. The second-order valence-corrected chi connectivity index (χ2v) is 13.8. The number of aryl methyl sites for hydroxylation is 1. The number of para-hydroxylation sites is 1. The molecule has 0 aliphatic heterocycles. The molecular formula is C29H36ClF3N3P. The summed E-state index contributed by atoms with van der Waals surface area (Å²) in [6.45, 7) is 14.8. The Kier molecular flexibility index (Phi) is 8.58. The van der Waals surface area contributed by atoms with Gasteiger partial charge in [-0.15, -0.1) is 12.4 Å². The predicted octanol–water partition coefficient (Wildman–Crippen LogP) is 9.47. The molecule has 0 bridgehead atoms. The third-order valence-corrected chi connectivity index (χ3v) is 11.7. The Morgan fingerprint density at radius 3 is 2.00 bits per heavy atom. The maximum Gasteiger partial charge on any atom is 0.418 e. The summed E-state index contributed by atoms with van der Waals surface area (Å²) in [5, 5.41) is 2.86. The molecule has 4 rings (SSSR count). The molecule has 0 N–H and O–H groups in total. The molecule has 1 heterocycles. The van der Waals surface area contributed by atoms with Gasteiger partial charge >= 0.3 is 6.18 Å². The highest BCUT2D eigenvalue weighted by Crippen LogP contribution is 2.64. The zero-order valence-corrected chi connectivity index (χ0v) is 24.0. The number of nitrogens with zero attached hydrogens (tertiary/aromatic N) is 3. The molecule has 0 amide bonds. The van der Waals surface area contributed by atoms with Crippen LogP contribution < -0.4 is 5.30 Å². The van der Waals surface area contributed by atoms with E-state index in [4.69, 9.17) is 4.74 Å². The van der Waals surface area contributed by atoms with Gasteiger partial charge in [0.15, 0.2) is 0 Å². The first-order valence-corrected chi connectivity index (χ1v) is 14.2. The van der Waals surface area contributed by atoms with Crippen LogP contribution in [0.25, 0.3) is 21.8 Å². The molecule has 0 fully saturated rings. The molecule has 1 atom stereocenters. The third-order valence-electron chi connectivity index (χ3n) is 6.97. The first-order chi connectivity index (χ1) is 17.0. The molecule has 0 saturated carbocycles. The number of benzene rings is 3. The zero-order valence-electron chi connectivity index (χ0n) is 22.3. The molecular weight excluding hydrogens is 514 g/mol. The Hall–Kier alpha value is -2.27. The van der Waals surface area contributed by atoms with Crippen molar-refractivity contribution in [1.82, 2.24) is 9.24 Å². The minimum atomic E-state index is -4.48. The van der Waals surface area contributed by atoms with Crippen molar-refractivity contribution in [3.05, 3.63) is 72.3 Å². The lowest BCUT2D eigenvalue weighted by Crippen LogP contribution is -2.36. The van der Waals surface area contributed by atoms with Crippen molar-refractivity contribution in [3.8, 4) is 0 Å². The molecule has 4 aromatic rings. The second kappa shape index (κ2) is 10.8. The summed E-state index contributed by atoms with van der Waals surface area (Å²) in [4.78, 5) is 0. The minimum Gasteiger partial charge on any atom is -0.341 e. The van der Waals surface area contributed by atoms with E-state index in [-0.39, 0.29) is 18.1 Å². The van der Waals surface area contributed by atoms with Gasteiger partial charge in [-0.1, -0.05) is 65.0 Å². The maximum atomic E-state index is 14.0. The van der Waals surface area contributed by atoms with Crippen LogP contribution in [0.3, 0.4) is 0 Å². The summed E-state index contributed by atoms with van der Waals surface area (Å²) >= 11 is 0. The molecule has 0 aliphatic carbocycles. The smallest absolute Gasteiger partial charge is 0.341 e. The number of aromatic nitrogens is 1. The Labute approximate surface area is 224 Å². The lowest BCUT2D eigenvalue weighted by atomic mass is 10.1. The summed E-state index contributed by atoms with van der Waals surface area (Å²) in [6.07, 6.45) is -4.48. The van der Waals surface area contributed by atoms with Gasteiger partial charge in [0.1, 0.15) is 0 Å². The van der Waals surface area contributed by atoms with E-state index in [0.29, 0.717) is 13.1 Å². The lowest BCUT2D eigenvalue weighted by Gasteiger charge is -2.45. The first-order valence-electron chi connectivity index (χ1n) is 12.5. The lowest BCUT2D eigenvalue weighted by molar-refractivity contribution is -0.137. The molecule has 0 spiro atoms. The Morgan fingerprint density at radius 1 is 0.811 bits per heavy atom. The fourth-order valence-electron chi connectivity index (χ4n) is 5.41.